The van der Waals surface area contributed by atoms with Crippen molar-refractivity contribution >= 4 is 5.78 Å². The second kappa shape index (κ2) is 10.1. The highest BCUT2D eigenvalue weighted by Gasteiger charge is 2.23. The summed E-state index contributed by atoms with van der Waals surface area (Å²) in [6.45, 7) is 0.894. The lowest BCUT2D eigenvalue weighted by Crippen LogP contribution is -2.41. The van der Waals surface area contributed by atoms with Crippen LogP contribution in [0.5, 0.6) is 11.5 Å². The van der Waals surface area contributed by atoms with Crippen LogP contribution in [0.3, 0.4) is 0 Å². The molecule has 0 bridgehead atoms. The lowest BCUT2D eigenvalue weighted by Gasteiger charge is -2.23. The lowest BCUT2D eigenvalue weighted by atomic mass is 9.90. The van der Waals surface area contributed by atoms with Crippen LogP contribution in [0.4, 0.5) is 0 Å². The molecule has 0 unspecified atom stereocenters. The number of hydrogen-bond donors (Lipinski definition) is 1. The summed E-state index contributed by atoms with van der Waals surface area (Å²) < 4.78 is 10.7. The number of Topliss-reactive ketones (excluding diaryl/α,β-unsaturated/α-hetero) is 1. The van der Waals surface area contributed by atoms with E-state index < -0.39 is 0 Å². The molecule has 0 spiro atoms. The Morgan fingerprint density at radius 3 is 2.45 bits per heavy atom. The van der Waals surface area contributed by atoms with Gasteiger partial charge in [0.2, 0.25) is 0 Å². The number of carbonyl (C=O) groups is 1. The summed E-state index contributed by atoms with van der Waals surface area (Å²) >= 11 is 0. The average Bonchev–Trinajstić information content (AvgIpc) is 2.79. The van der Waals surface area contributed by atoms with Crippen LogP contribution in [-0.4, -0.2) is 32.6 Å². The van der Waals surface area contributed by atoms with Gasteiger partial charge in [-0.1, -0.05) is 36.8 Å². The largest absolute Gasteiger partial charge is 0.493 e. The summed E-state index contributed by atoms with van der Waals surface area (Å²) in [5, 5.41) is 12.8. The third kappa shape index (κ3) is 5.36. The third-order valence-corrected chi connectivity index (χ3v) is 5.48. The molecule has 0 aromatic heterocycles. The highest BCUT2D eigenvalue weighted by atomic mass is 16.5. The first kappa shape index (κ1) is 20.9. The maximum Gasteiger partial charge on any atom is 0.161 e. The van der Waals surface area contributed by atoms with E-state index in [1.807, 2.05) is 42.5 Å². The minimum absolute atomic E-state index is 0.0768. The van der Waals surface area contributed by atoms with Gasteiger partial charge < -0.3 is 14.8 Å². The van der Waals surface area contributed by atoms with Crippen LogP contribution in [0.2, 0.25) is 0 Å². The molecule has 1 heterocycles. The Balaban J connectivity index is 1.64. The normalized spacial score (nSPS) is 17.2. The fourth-order valence-electron chi connectivity index (χ4n) is 3.81. The zero-order valence-corrected chi connectivity index (χ0v) is 17.1. The summed E-state index contributed by atoms with van der Waals surface area (Å²) in [7, 11) is 3.24. The van der Waals surface area contributed by atoms with Gasteiger partial charge >= 0.3 is 0 Å². The van der Waals surface area contributed by atoms with Gasteiger partial charge in [-0.2, -0.15) is 5.26 Å². The van der Waals surface area contributed by atoms with Gasteiger partial charge in [0.1, 0.15) is 0 Å². The fourth-order valence-corrected chi connectivity index (χ4v) is 3.81. The third-order valence-electron chi connectivity index (χ3n) is 5.48. The van der Waals surface area contributed by atoms with E-state index in [0.717, 1.165) is 42.5 Å². The molecule has 152 valence electrons. The molecule has 29 heavy (non-hydrogen) atoms. The van der Waals surface area contributed by atoms with Gasteiger partial charge in [-0.15, -0.1) is 0 Å². The Morgan fingerprint density at radius 1 is 1.10 bits per heavy atom. The molecule has 5 heteroatoms. The number of ketones is 1. The number of rotatable bonds is 8. The number of piperidine rings is 1. The van der Waals surface area contributed by atoms with Crippen LogP contribution in [-0.2, 0) is 11.2 Å². The van der Waals surface area contributed by atoms with Crippen molar-refractivity contribution in [2.75, 3.05) is 20.8 Å². The van der Waals surface area contributed by atoms with Gasteiger partial charge in [-0.3, -0.25) is 4.79 Å². The number of nitriles is 1. The van der Waals surface area contributed by atoms with Crippen molar-refractivity contribution in [3.05, 3.63) is 48.0 Å². The van der Waals surface area contributed by atoms with Gasteiger partial charge in [-0.25, -0.2) is 0 Å². The fraction of sp³-hybridized carbons (Fsp3) is 0.417. The highest BCUT2D eigenvalue weighted by Crippen LogP contribution is 2.32. The van der Waals surface area contributed by atoms with E-state index in [-0.39, 0.29) is 17.7 Å². The van der Waals surface area contributed by atoms with Gasteiger partial charge in [0, 0.05) is 6.42 Å². The van der Waals surface area contributed by atoms with E-state index in [9.17, 15) is 10.1 Å². The molecule has 0 aliphatic carbocycles. The predicted octanol–water partition coefficient (Wildman–Crippen LogP) is 4.15. The van der Waals surface area contributed by atoms with E-state index in [1.54, 1.807) is 14.2 Å². The van der Waals surface area contributed by atoms with Crippen LogP contribution in [0.25, 0.3) is 11.1 Å². The van der Waals surface area contributed by atoms with Crippen LogP contribution in [0, 0.1) is 17.2 Å². The van der Waals surface area contributed by atoms with Crippen LogP contribution >= 0.6 is 0 Å². The molecule has 0 radical (unpaired) electrons. The number of benzene rings is 2. The van der Waals surface area contributed by atoms with Gasteiger partial charge in [-0.05, 0) is 54.6 Å². The number of nitrogens with zero attached hydrogens (tertiary/aromatic N) is 1. The topological polar surface area (TPSA) is 71.3 Å². The van der Waals surface area contributed by atoms with E-state index >= 15 is 0 Å². The molecule has 1 N–H and O–H groups in total. The summed E-state index contributed by atoms with van der Waals surface area (Å²) in [5.41, 5.74) is 3.15. The van der Waals surface area contributed by atoms with Crippen molar-refractivity contribution in [3.63, 3.8) is 0 Å². The molecule has 2 atom stereocenters. The highest BCUT2D eigenvalue weighted by molar-refractivity contribution is 5.84. The first-order valence-corrected chi connectivity index (χ1v) is 10.1. The molecular formula is C24H28N2O3. The maximum atomic E-state index is 12.5. The van der Waals surface area contributed by atoms with Crippen molar-refractivity contribution in [2.24, 2.45) is 5.92 Å². The molecule has 1 saturated heterocycles. The number of methoxy groups -OCH3 is 2. The smallest absolute Gasteiger partial charge is 0.161 e. The van der Waals surface area contributed by atoms with Gasteiger partial charge in [0.05, 0.1) is 32.2 Å². The Hall–Kier alpha value is -2.84. The number of nitrogens with one attached hydrogen (secondary N) is 1. The minimum Gasteiger partial charge on any atom is -0.493 e. The molecule has 1 aliphatic rings. The molecule has 5 nitrogen and oxygen atoms in total. The Bertz CT molecular complexity index is 865. The quantitative estimate of drug-likeness (QED) is 0.731. The van der Waals surface area contributed by atoms with E-state index in [1.165, 1.54) is 0 Å². The number of carbonyl (C=O) groups excluding carboxylic acids is 1. The zero-order valence-electron chi connectivity index (χ0n) is 17.1. The van der Waals surface area contributed by atoms with Crippen molar-refractivity contribution in [1.29, 1.82) is 5.26 Å². The molecule has 0 saturated carbocycles. The predicted molar refractivity (Wildman–Crippen MR) is 113 cm³/mol. The minimum atomic E-state index is -0.293. The SMILES string of the molecule is COc1ccc(-c2ccc(C[C@@H](C#N)CC(=O)[C@@H]3CCCCN3)cc2)cc1OC. The van der Waals surface area contributed by atoms with E-state index in [0.29, 0.717) is 24.3 Å². The number of ether oxygens (including phenoxy) is 2. The van der Waals surface area contributed by atoms with Gasteiger partial charge in [0.15, 0.2) is 17.3 Å². The molecule has 3 rings (SSSR count). The molecule has 1 aliphatic heterocycles. The average molecular weight is 392 g/mol. The van der Waals surface area contributed by atoms with E-state index in [2.05, 4.69) is 11.4 Å². The summed E-state index contributed by atoms with van der Waals surface area (Å²) in [4.78, 5) is 12.5. The van der Waals surface area contributed by atoms with Crippen LogP contribution in [0.1, 0.15) is 31.2 Å². The standard InChI is InChI=1S/C24H28N2O3/c1-28-23-11-10-20(15-24(23)29-2)19-8-6-17(7-9-19)13-18(16-25)14-22(27)21-5-3-4-12-26-21/h6-11,15,18,21,26H,3-5,12-14H2,1-2H3/t18-,21+/m1/s1. The van der Waals surface area contributed by atoms with Gasteiger partial charge in [0.25, 0.3) is 0 Å². The Labute approximate surface area is 172 Å². The van der Waals surface area contributed by atoms with Crippen LogP contribution < -0.4 is 14.8 Å². The Morgan fingerprint density at radius 2 is 1.83 bits per heavy atom. The summed E-state index contributed by atoms with van der Waals surface area (Å²) in [6.07, 6.45) is 3.99. The van der Waals surface area contributed by atoms with E-state index in [4.69, 9.17) is 9.47 Å². The van der Waals surface area contributed by atoms with Crippen molar-refractivity contribution in [2.45, 2.75) is 38.1 Å². The zero-order chi connectivity index (χ0) is 20.6. The molecule has 0 amide bonds. The summed E-state index contributed by atoms with van der Waals surface area (Å²) in [5.74, 6) is 1.26. The molecule has 2 aromatic carbocycles. The monoisotopic (exact) mass is 392 g/mol. The first-order chi connectivity index (χ1) is 14.1. The summed E-state index contributed by atoms with van der Waals surface area (Å²) in [6, 6.07) is 16.2. The number of hydrogen-bond acceptors (Lipinski definition) is 5. The molecular weight excluding hydrogens is 364 g/mol. The van der Waals surface area contributed by atoms with Crippen molar-refractivity contribution in [1.82, 2.24) is 5.32 Å². The van der Waals surface area contributed by atoms with Crippen molar-refractivity contribution in [3.8, 4) is 28.7 Å². The first-order valence-electron chi connectivity index (χ1n) is 10.1. The lowest BCUT2D eigenvalue weighted by molar-refractivity contribution is -0.122. The Kier molecular flexibility index (Phi) is 7.26. The maximum absolute atomic E-state index is 12.5. The molecule has 1 fully saturated rings. The van der Waals surface area contributed by atoms with Crippen LogP contribution in [0.15, 0.2) is 42.5 Å². The second-order valence-corrected chi connectivity index (χ2v) is 7.47. The van der Waals surface area contributed by atoms with Crippen molar-refractivity contribution < 1.29 is 14.3 Å². The molecule has 2 aromatic rings. The second-order valence-electron chi connectivity index (χ2n) is 7.47.